The molecule has 2 aliphatic rings. The van der Waals surface area contributed by atoms with E-state index in [1.54, 1.807) is 24.7 Å². The van der Waals surface area contributed by atoms with Crippen molar-refractivity contribution in [2.24, 2.45) is 5.92 Å². The molecule has 8 nitrogen and oxygen atoms in total. The van der Waals surface area contributed by atoms with Crippen LogP contribution >= 0.6 is 11.8 Å². The molecule has 1 aromatic carbocycles. The van der Waals surface area contributed by atoms with Crippen molar-refractivity contribution in [2.75, 3.05) is 6.54 Å². The lowest BCUT2D eigenvalue weighted by Gasteiger charge is -2.45. The number of carbonyl (C=O) groups is 2. The van der Waals surface area contributed by atoms with Gasteiger partial charge in [0, 0.05) is 24.7 Å². The van der Waals surface area contributed by atoms with Crippen LogP contribution in [0.4, 0.5) is 0 Å². The maximum Gasteiger partial charge on any atom is 0.343 e. The Labute approximate surface area is 179 Å². The molecular weight excluding hydrogens is 402 g/mol. The van der Waals surface area contributed by atoms with Crippen LogP contribution in [0.25, 0.3) is 5.69 Å². The van der Waals surface area contributed by atoms with Crippen LogP contribution in [0.3, 0.4) is 0 Å². The van der Waals surface area contributed by atoms with Gasteiger partial charge in [-0.1, -0.05) is 30.8 Å². The van der Waals surface area contributed by atoms with E-state index in [1.807, 2.05) is 23.1 Å². The molecule has 2 aromatic rings. The van der Waals surface area contributed by atoms with E-state index in [1.165, 1.54) is 16.6 Å². The first-order valence-corrected chi connectivity index (χ1v) is 10.9. The normalized spacial score (nSPS) is 26.2. The first kappa shape index (κ1) is 20.5. The van der Waals surface area contributed by atoms with Gasteiger partial charge in [-0.05, 0) is 38.3 Å². The average molecular weight is 428 g/mol. The summed E-state index contributed by atoms with van der Waals surface area (Å²) in [7, 11) is 0. The molecule has 30 heavy (non-hydrogen) atoms. The van der Waals surface area contributed by atoms with E-state index in [0.29, 0.717) is 22.7 Å². The highest BCUT2D eigenvalue weighted by atomic mass is 32.2. The number of carboxylic acid groups (broad SMARTS) is 1. The smallest absolute Gasteiger partial charge is 0.343 e. The van der Waals surface area contributed by atoms with Crippen molar-refractivity contribution in [2.45, 2.75) is 44.0 Å². The number of para-hydroxylation sites is 1. The summed E-state index contributed by atoms with van der Waals surface area (Å²) in [5, 5.41) is 21.1. The quantitative estimate of drug-likeness (QED) is 0.757. The van der Waals surface area contributed by atoms with Gasteiger partial charge in [-0.15, -0.1) is 0 Å². The second kappa shape index (κ2) is 8.14. The third-order valence-electron chi connectivity index (χ3n) is 6.05. The Hall–Kier alpha value is -2.81. The lowest BCUT2D eigenvalue weighted by Crippen LogP contribution is -2.54. The van der Waals surface area contributed by atoms with Crippen molar-refractivity contribution in [3.8, 4) is 5.69 Å². The highest BCUT2D eigenvalue weighted by Gasteiger charge is 2.46. The molecule has 1 amide bonds. The Morgan fingerprint density at radius 3 is 2.67 bits per heavy atom. The fourth-order valence-corrected chi connectivity index (χ4v) is 5.53. The summed E-state index contributed by atoms with van der Waals surface area (Å²) in [6.45, 7) is 4.69. The topological polar surface area (TPSA) is 100 Å². The summed E-state index contributed by atoms with van der Waals surface area (Å²) in [5.41, 5.74) is 1.21. The molecule has 158 valence electrons. The zero-order valence-electron chi connectivity index (χ0n) is 17.0. The predicted octanol–water partition coefficient (Wildman–Crippen LogP) is 2.88. The number of benzene rings is 1. The van der Waals surface area contributed by atoms with Gasteiger partial charge < -0.3 is 15.3 Å². The number of carboxylic acids is 1. The van der Waals surface area contributed by atoms with Gasteiger partial charge in [0.1, 0.15) is 4.91 Å². The lowest BCUT2D eigenvalue weighted by molar-refractivity contribution is -0.131. The average Bonchev–Trinajstić information content (AvgIpc) is 3.44. The Morgan fingerprint density at radius 1 is 1.27 bits per heavy atom. The van der Waals surface area contributed by atoms with Gasteiger partial charge in [0.05, 0.1) is 28.5 Å². The number of aromatic nitrogens is 3. The molecule has 1 fully saturated rings. The van der Waals surface area contributed by atoms with E-state index < -0.39 is 10.8 Å². The number of amides is 1. The fraction of sp³-hybridized carbons (Fsp3) is 0.429. The van der Waals surface area contributed by atoms with Gasteiger partial charge in [0.25, 0.3) is 5.91 Å². The van der Waals surface area contributed by atoms with Crippen LogP contribution in [0.15, 0.2) is 47.8 Å². The van der Waals surface area contributed by atoms with E-state index in [0.717, 1.165) is 19.3 Å². The van der Waals surface area contributed by atoms with E-state index in [2.05, 4.69) is 29.4 Å². The van der Waals surface area contributed by atoms with Gasteiger partial charge in [-0.3, -0.25) is 4.79 Å². The molecule has 4 rings (SSSR count). The number of rotatable bonds is 5. The largest absolute Gasteiger partial charge is 0.477 e. The van der Waals surface area contributed by atoms with Crippen molar-refractivity contribution >= 4 is 23.6 Å². The molecule has 0 saturated carbocycles. The van der Waals surface area contributed by atoms with Crippen LogP contribution in [0.5, 0.6) is 0 Å². The first-order valence-electron chi connectivity index (χ1n) is 10.1. The predicted molar refractivity (Wildman–Crippen MR) is 114 cm³/mol. The molecule has 0 aliphatic carbocycles. The first-order chi connectivity index (χ1) is 14.4. The van der Waals surface area contributed by atoms with Crippen LogP contribution in [-0.4, -0.2) is 54.3 Å². The maximum atomic E-state index is 13.6. The number of piperidine rings is 1. The molecule has 3 atom stereocenters. The molecule has 1 saturated heterocycles. The van der Waals surface area contributed by atoms with Crippen molar-refractivity contribution in [3.05, 3.63) is 53.3 Å². The fourth-order valence-electron chi connectivity index (χ4n) is 4.31. The SMILES string of the molecule is CCC1([C@@H]2CC[C@@H](C)N(C(=O)c3ccccc3-n3nccn3)C2)NC=C(C(=O)O)S1. The van der Waals surface area contributed by atoms with Gasteiger partial charge in [0.15, 0.2) is 0 Å². The number of likely N-dealkylation sites (tertiary alicyclic amines) is 1. The van der Waals surface area contributed by atoms with Crippen LogP contribution in [0.2, 0.25) is 0 Å². The summed E-state index contributed by atoms with van der Waals surface area (Å²) >= 11 is 1.37. The monoisotopic (exact) mass is 427 g/mol. The number of hydrogen-bond donors (Lipinski definition) is 2. The van der Waals surface area contributed by atoms with Crippen LogP contribution in [0.1, 0.15) is 43.5 Å². The zero-order valence-corrected chi connectivity index (χ0v) is 17.8. The number of nitrogens with one attached hydrogen (secondary N) is 1. The summed E-state index contributed by atoms with van der Waals surface area (Å²) < 4.78 is 0. The van der Waals surface area contributed by atoms with Crippen molar-refractivity contribution in [1.82, 2.24) is 25.2 Å². The van der Waals surface area contributed by atoms with Gasteiger partial charge in [-0.25, -0.2) is 4.79 Å². The van der Waals surface area contributed by atoms with Crippen molar-refractivity contribution in [3.63, 3.8) is 0 Å². The van der Waals surface area contributed by atoms with Crippen molar-refractivity contribution in [1.29, 1.82) is 0 Å². The molecule has 2 aliphatic heterocycles. The van der Waals surface area contributed by atoms with Crippen LogP contribution < -0.4 is 5.32 Å². The van der Waals surface area contributed by atoms with E-state index in [4.69, 9.17) is 0 Å². The Morgan fingerprint density at radius 2 is 2.00 bits per heavy atom. The minimum absolute atomic E-state index is 0.0548. The van der Waals surface area contributed by atoms with Crippen LogP contribution in [-0.2, 0) is 4.79 Å². The number of hydrogen-bond acceptors (Lipinski definition) is 6. The zero-order chi connectivity index (χ0) is 21.3. The second-order valence-corrected chi connectivity index (χ2v) is 9.09. The van der Waals surface area contributed by atoms with Gasteiger partial charge >= 0.3 is 5.97 Å². The molecule has 2 N–H and O–H groups in total. The molecule has 0 bridgehead atoms. The second-order valence-electron chi connectivity index (χ2n) is 7.72. The molecule has 1 unspecified atom stereocenters. The Bertz CT molecular complexity index is 977. The number of carbonyl (C=O) groups excluding carboxylic acids is 1. The van der Waals surface area contributed by atoms with Crippen molar-refractivity contribution < 1.29 is 14.7 Å². The molecule has 1 aromatic heterocycles. The molecule has 9 heteroatoms. The Balaban J connectivity index is 1.59. The third kappa shape index (κ3) is 3.58. The minimum Gasteiger partial charge on any atom is -0.477 e. The Kier molecular flexibility index (Phi) is 5.55. The van der Waals surface area contributed by atoms with E-state index >= 15 is 0 Å². The summed E-state index contributed by atoms with van der Waals surface area (Å²) in [6, 6.07) is 7.45. The maximum absolute atomic E-state index is 13.6. The number of nitrogens with zero attached hydrogens (tertiary/aromatic N) is 4. The third-order valence-corrected chi connectivity index (χ3v) is 7.66. The lowest BCUT2D eigenvalue weighted by atomic mass is 9.85. The summed E-state index contributed by atoms with van der Waals surface area (Å²) in [5.74, 6) is -0.836. The van der Waals surface area contributed by atoms with Crippen LogP contribution in [0, 0.1) is 5.92 Å². The highest BCUT2D eigenvalue weighted by molar-refractivity contribution is 8.05. The molecule has 0 radical (unpaired) electrons. The summed E-state index contributed by atoms with van der Waals surface area (Å²) in [6.07, 6.45) is 7.33. The number of thioether (sulfide) groups is 1. The van der Waals surface area contributed by atoms with Gasteiger partial charge in [0.2, 0.25) is 0 Å². The highest BCUT2D eigenvalue weighted by Crippen LogP contribution is 2.46. The van der Waals surface area contributed by atoms with E-state index in [-0.39, 0.29) is 17.9 Å². The number of aliphatic carboxylic acids is 1. The molecular formula is C21H25N5O3S. The molecule has 0 spiro atoms. The standard InChI is InChI=1S/C21H25N5O3S/c1-3-21(22-12-18(30-21)20(28)29)15-9-8-14(2)25(13-15)19(27)16-6-4-5-7-17(16)26-23-10-11-24-26/h4-7,10-12,14-15,22H,3,8-9,13H2,1-2H3,(H,28,29)/t14-,15-,21?/m1/s1. The molecule has 3 heterocycles. The van der Waals surface area contributed by atoms with E-state index in [9.17, 15) is 14.7 Å². The van der Waals surface area contributed by atoms with Gasteiger partial charge in [-0.2, -0.15) is 15.0 Å². The summed E-state index contributed by atoms with van der Waals surface area (Å²) in [4.78, 5) is 28.3. The minimum atomic E-state index is -0.916.